The molecule has 0 spiro atoms. The highest BCUT2D eigenvalue weighted by molar-refractivity contribution is 7.22. The van der Waals surface area contributed by atoms with Gasteiger partial charge in [-0.1, -0.05) is 35.6 Å². The maximum Gasteiger partial charge on any atom is 0.234 e. The molecule has 0 saturated carbocycles. The zero-order chi connectivity index (χ0) is 21.4. The molecule has 2 atom stereocenters. The molecule has 160 valence electrons. The van der Waals surface area contributed by atoms with Crippen LogP contribution in [0.25, 0.3) is 10.2 Å². The number of hydrogen-bond acceptors (Lipinski definition) is 5. The van der Waals surface area contributed by atoms with E-state index >= 15 is 0 Å². The number of anilines is 2. The predicted octanol–water partition coefficient (Wildman–Crippen LogP) is 4.00. The lowest BCUT2D eigenvalue weighted by Crippen LogP contribution is -2.42. The van der Waals surface area contributed by atoms with Gasteiger partial charge in [0.15, 0.2) is 5.13 Å². The molecule has 1 aromatic heterocycles. The Hall–Kier alpha value is -2.84. The topological polar surface area (TPSA) is 62.7 Å². The van der Waals surface area contributed by atoms with Crippen molar-refractivity contribution in [1.82, 2.24) is 4.98 Å². The van der Waals surface area contributed by atoms with Crippen LogP contribution in [0.4, 0.5) is 15.2 Å². The summed E-state index contributed by atoms with van der Waals surface area (Å²) in [5.74, 6) is -1.12. The van der Waals surface area contributed by atoms with Crippen molar-refractivity contribution in [2.45, 2.75) is 25.4 Å². The molecule has 5 rings (SSSR count). The van der Waals surface area contributed by atoms with Crippen molar-refractivity contribution in [2.24, 2.45) is 5.92 Å². The van der Waals surface area contributed by atoms with Gasteiger partial charge in [-0.2, -0.15) is 0 Å². The van der Waals surface area contributed by atoms with E-state index in [9.17, 15) is 14.0 Å². The van der Waals surface area contributed by atoms with Crippen LogP contribution in [0.15, 0.2) is 48.5 Å². The average Bonchev–Trinajstić information content (AvgIpc) is 3.52. The fourth-order valence-corrected chi connectivity index (χ4v) is 5.22. The summed E-state index contributed by atoms with van der Waals surface area (Å²) in [6.07, 6.45) is 1.88. The number of benzene rings is 2. The standard InChI is InChI=1S/C23H22FN3O3S/c24-18-9-4-10-19-21(18)25-23(31-19)27(14-17-8-5-11-30-17)22(29)15-12-20(28)26(13-15)16-6-2-1-3-7-16/h1-4,6-7,9-10,15,17H,5,8,11-14H2/t15-,17-/m0/s1. The molecule has 31 heavy (non-hydrogen) atoms. The van der Waals surface area contributed by atoms with Crippen molar-refractivity contribution in [3.05, 3.63) is 54.3 Å². The molecule has 0 radical (unpaired) electrons. The van der Waals surface area contributed by atoms with Gasteiger partial charge in [0.1, 0.15) is 11.3 Å². The van der Waals surface area contributed by atoms with E-state index in [2.05, 4.69) is 4.98 Å². The van der Waals surface area contributed by atoms with E-state index in [1.165, 1.54) is 17.4 Å². The minimum absolute atomic E-state index is 0.0723. The molecule has 0 unspecified atom stereocenters. The van der Waals surface area contributed by atoms with E-state index < -0.39 is 11.7 Å². The quantitative estimate of drug-likeness (QED) is 0.603. The highest BCUT2D eigenvalue weighted by Gasteiger charge is 2.39. The van der Waals surface area contributed by atoms with E-state index in [0.29, 0.717) is 29.5 Å². The highest BCUT2D eigenvalue weighted by Crippen LogP contribution is 2.34. The third-order valence-corrected chi connectivity index (χ3v) is 6.85. The smallest absolute Gasteiger partial charge is 0.234 e. The second-order valence-corrected chi connectivity index (χ2v) is 8.92. The summed E-state index contributed by atoms with van der Waals surface area (Å²) in [7, 11) is 0. The van der Waals surface area contributed by atoms with E-state index in [1.54, 1.807) is 21.9 Å². The SMILES string of the molecule is O=C1C[C@H](C(=O)N(C[C@@H]2CCCO2)c2nc3c(F)cccc3s2)CN1c1ccccc1. The summed E-state index contributed by atoms with van der Waals surface area (Å²) in [5.41, 5.74) is 1.05. The molecule has 2 amide bonds. The fraction of sp³-hybridized carbons (Fsp3) is 0.348. The number of carbonyl (C=O) groups is 2. The van der Waals surface area contributed by atoms with Crippen LogP contribution in [0, 0.1) is 11.7 Å². The molecule has 8 heteroatoms. The van der Waals surface area contributed by atoms with Gasteiger partial charge in [-0.15, -0.1) is 0 Å². The predicted molar refractivity (Wildman–Crippen MR) is 118 cm³/mol. The van der Waals surface area contributed by atoms with Gasteiger partial charge in [0, 0.05) is 25.3 Å². The molecule has 0 bridgehead atoms. The molecular formula is C23H22FN3O3S. The lowest BCUT2D eigenvalue weighted by atomic mass is 10.1. The molecule has 2 saturated heterocycles. The normalized spacial score (nSPS) is 21.2. The molecule has 2 aliphatic heterocycles. The van der Waals surface area contributed by atoms with Crippen LogP contribution in [0.3, 0.4) is 0 Å². The number of para-hydroxylation sites is 2. The van der Waals surface area contributed by atoms with Gasteiger partial charge < -0.3 is 9.64 Å². The van der Waals surface area contributed by atoms with Gasteiger partial charge in [0.05, 0.1) is 23.3 Å². The lowest BCUT2D eigenvalue weighted by molar-refractivity contribution is -0.124. The average molecular weight is 440 g/mol. The number of aromatic nitrogens is 1. The molecular weight excluding hydrogens is 417 g/mol. The summed E-state index contributed by atoms with van der Waals surface area (Å²) in [6.45, 7) is 1.35. The number of fused-ring (bicyclic) bond motifs is 1. The summed E-state index contributed by atoms with van der Waals surface area (Å²) in [5, 5.41) is 0.450. The van der Waals surface area contributed by atoms with Crippen molar-refractivity contribution >= 4 is 44.2 Å². The van der Waals surface area contributed by atoms with Crippen LogP contribution < -0.4 is 9.80 Å². The number of thiazole rings is 1. The summed E-state index contributed by atoms with van der Waals surface area (Å²) in [4.78, 5) is 33.9. The molecule has 0 aliphatic carbocycles. The maximum absolute atomic E-state index is 14.2. The Balaban J connectivity index is 1.44. The second kappa shape index (κ2) is 8.36. The van der Waals surface area contributed by atoms with E-state index in [-0.39, 0.29) is 29.9 Å². The Morgan fingerprint density at radius 3 is 2.81 bits per heavy atom. The van der Waals surface area contributed by atoms with Crippen LogP contribution >= 0.6 is 11.3 Å². The van der Waals surface area contributed by atoms with E-state index in [1.807, 2.05) is 30.3 Å². The zero-order valence-electron chi connectivity index (χ0n) is 16.9. The van der Waals surface area contributed by atoms with Crippen LogP contribution in [-0.4, -0.2) is 42.6 Å². The Morgan fingerprint density at radius 2 is 2.06 bits per heavy atom. The Bertz CT molecular complexity index is 1110. The van der Waals surface area contributed by atoms with Gasteiger partial charge >= 0.3 is 0 Å². The van der Waals surface area contributed by atoms with E-state index in [4.69, 9.17) is 4.74 Å². The summed E-state index contributed by atoms with van der Waals surface area (Å²) >= 11 is 1.29. The molecule has 3 aromatic rings. The number of ether oxygens (including phenoxy) is 1. The third-order valence-electron chi connectivity index (χ3n) is 5.81. The maximum atomic E-state index is 14.2. The second-order valence-electron chi connectivity index (χ2n) is 7.91. The van der Waals surface area contributed by atoms with Crippen molar-refractivity contribution in [3.63, 3.8) is 0 Å². The Morgan fingerprint density at radius 1 is 1.23 bits per heavy atom. The molecule has 6 nitrogen and oxygen atoms in total. The van der Waals surface area contributed by atoms with Crippen LogP contribution in [0.5, 0.6) is 0 Å². The lowest BCUT2D eigenvalue weighted by Gasteiger charge is -2.25. The third kappa shape index (κ3) is 3.93. The van der Waals surface area contributed by atoms with Crippen molar-refractivity contribution in [1.29, 1.82) is 0 Å². The molecule has 2 aromatic carbocycles. The molecule has 3 heterocycles. The number of nitrogens with zero attached hydrogens (tertiary/aromatic N) is 3. The molecule has 2 fully saturated rings. The number of rotatable bonds is 5. The van der Waals surface area contributed by atoms with Gasteiger partial charge in [-0.05, 0) is 37.1 Å². The molecule has 0 N–H and O–H groups in total. The minimum atomic E-state index is -0.481. The van der Waals surface area contributed by atoms with Crippen LogP contribution in [0.1, 0.15) is 19.3 Å². The largest absolute Gasteiger partial charge is 0.376 e. The first-order valence-corrected chi connectivity index (χ1v) is 11.3. The number of hydrogen-bond donors (Lipinski definition) is 0. The first kappa shape index (κ1) is 20.1. The van der Waals surface area contributed by atoms with Gasteiger partial charge in [-0.3, -0.25) is 14.5 Å². The van der Waals surface area contributed by atoms with Gasteiger partial charge in [0.25, 0.3) is 0 Å². The molecule has 2 aliphatic rings. The van der Waals surface area contributed by atoms with Crippen molar-refractivity contribution in [2.75, 3.05) is 29.5 Å². The van der Waals surface area contributed by atoms with E-state index in [0.717, 1.165) is 18.5 Å². The van der Waals surface area contributed by atoms with Gasteiger partial charge in [-0.25, -0.2) is 9.37 Å². The summed E-state index contributed by atoms with van der Waals surface area (Å²) < 4.78 is 20.7. The fourth-order valence-electron chi connectivity index (χ4n) is 4.22. The Labute approximate surface area is 183 Å². The number of carbonyl (C=O) groups excluding carboxylic acids is 2. The van der Waals surface area contributed by atoms with Crippen LogP contribution in [0.2, 0.25) is 0 Å². The first-order chi connectivity index (χ1) is 15.1. The van der Waals surface area contributed by atoms with Crippen molar-refractivity contribution < 1.29 is 18.7 Å². The summed E-state index contributed by atoms with van der Waals surface area (Å²) in [6, 6.07) is 14.2. The Kier molecular flexibility index (Phi) is 5.41. The first-order valence-electron chi connectivity index (χ1n) is 10.4. The van der Waals surface area contributed by atoms with Gasteiger partial charge in [0.2, 0.25) is 11.8 Å². The number of amides is 2. The zero-order valence-corrected chi connectivity index (χ0v) is 17.7. The monoisotopic (exact) mass is 439 g/mol. The number of halogens is 1. The minimum Gasteiger partial charge on any atom is -0.376 e. The van der Waals surface area contributed by atoms with Crippen LogP contribution in [-0.2, 0) is 14.3 Å². The van der Waals surface area contributed by atoms with Crippen molar-refractivity contribution in [3.8, 4) is 0 Å². The highest BCUT2D eigenvalue weighted by atomic mass is 32.1.